The van der Waals surface area contributed by atoms with Gasteiger partial charge in [-0.1, -0.05) is 35.9 Å². The maximum absolute atomic E-state index is 12.9. The monoisotopic (exact) mass is 414 g/mol. The maximum atomic E-state index is 12.9. The average molecular weight is 414 g/mol. The van der Waals surface area contributed by atoms with E-state index < -0.39 is 40.3 Å². The smallest absolute Gasteiger partial charge is 0.348 e. The number of aryl methyl sites for hydroxylation is 1. The fourth-order valence-electron chi connectivity index (χ4n) is 2.59. The third-order valence-corrected chi connectivity index (χ3v) is 5.24. The summed E-state index contributed by atoms with van der Waals surface area (Å²) in [6.45, 7) is 3.03. The number of halogens is 3. The summed E-state index contributed by atoms with van der Waals surface area (Å²) in [7, 11) is -3.98. The molecule has 2 rings (SSSR count). The molecule has 0 heterocycles. The van der Waals surface area contributed by atoms with Crippen LogP contribution in [0.4, 0.5) is 18.9 Å². The van der Waals surface area contributed by atoms with Gasteiger partial charge in [0.05, 0.1) is 23.5 Å². The topological polar surface area (TPSA) is 66.5 Å². The van der Waals surface area contributed by atoms with Crippen LogP contribution in [-0.2, 0) is 21.0 Å². The quantitative estimate of drug-likeness (QED) is 0.785. The van der Waals surface area contributed by atoms with E-state index in [0.717, 1.165) is 29.5 Å². The highest BCUT2D eigenvalue weighted by Crippen LogP contribution is 2.32. The van der Waals surface area contributed by atoms with Crippen molar-refractivity contribution in [1.29, 1.82) is 0 Å². The zero-order chi connectivity index (χ0) is 21.1. The van der Waals surface area contributed by atoms with Gasteiger partial charge in [-0.05, 0) is 37.6 Å². The lowest BCUT2D eigenvalue weighted by Gasteiger charge is -2.24. The van der Waals surface area contributed by atoms with Gasteiger partial charge in [-0.15, -0.1) is 0 Å². The minimum absolute atomic E-state index is 0.226. The molecule has 1 amide bonds. The van der Waals surface area contributed by atoms with Crippen molar-refractivity contribution >= 4 is 21.6 Å². The first kappa shape index (κ1) is 21.7. The molecule has 2 aromatic carbocycles. The summed E-state index contributed by atoms with van der Waals surface area (Å²) in [5.74, 6) is -0.629. The Balaban J connectivity index is 2.21. The molecule has 0 bridgehead atoms. The van der Waals surface area contributed by atoms with Crippen LogP contribution in [0.15, 0.2) is 48.5 Å². The second-order valence-electron chi connectivity index (χ2n) is 6.52. The van der Waals surface area contributed by atoms with Crippen LogP contribution < -0.4 is 9.62 Å². The van der Waals surface area contributed by atoms with Crippen molar-refractivity contribution in [2.24, 2.45) is 0 Å². The molecule has 0 saturated carbocycles. The molecular weight excluding hydrogens is 393 g/mol. The second-order valence-corrected chi connectivity index (χ2v) is 8.42. The highest BCUT2D eigenvalue weighted by molar-refractivity contribution is 7.92. The molecule has 0 radical (unpaired) electrons. The number of hydrogen-bond donors (Lipinski definition) is 1. The third-order valence-electron chi connectivity index (χ3n) is 4.10. The average Bonchev–Trinajstić information content (AvgIpc) is 2.58. The summed E-state index contributed by atoms with van der Waals surface area (Å²) in [6.07, 6.45) is -3.79. The first-order valence-electron chi connectivity index (χ1n) is 8.39. The summed E-state index contributed by atoms with van der Waals surface area (Å²) in [5.41, 5.74) is 0.654. The van der Waals surface area contributed by atoms with Crippen LogP contribution in [0.2, 0.25) is 0 Å². The zero-order valence-corrected chi connectivity index (χ0v) is 16.4. The fourth-order valence-corrected chi connectivity index (χ4v) is 3.44. The van der Waals surface area contributed by atoms with Crippen molar-refractivity contribution in [1.82, 2.24) is 5.32 Å². The van der Waals surface area contributed by atoms with Gasteiger partial charge in [0.15, 0.2) is 0 Å². The Labute approximate surface area is 162 Å². The molecule has 0 saturated heterocycles. The van der Waals surface area contributed by atoms with Crippen molar-refractivity contribution in [2.75, 3.05) is 17.1 Å². The van der Waals surface area contributed by atoms with Crippen molar-refractivity contribution in [3.8, 4) is 0 Å². The number of nitrogens with one attached hydrogen (secondary N) is 1. The van der Waals surface area contributed by atoms with Crippen molar-refractivity contribution < 1.29 is 26.4 Å². The van der Waals surface area contributed by atoms with E-state index >= 15 is 0 Å². The highest BCUT2D eigenvalue weighted by atomic mass is 32.2. The maximum Gasteiger partial charge on any atom is 0.416 e. The number of alkyl halides is 3. The lowest BCUT2D eigenvalue weighted by Crippen LogP contribution is -2.41. The Hall–Kier alpha value is -2.55. The van der Waals surface area contributed by atoms with Crippen LogP contribution in [-0.4, -0.2) is 27.1 Å². The van der Waals surface area contributed by atoms with Gasteiger partial charge in [0.2, 0.25) is 15.9 Å². The van der Waals surface area contributed by atoms with E-state index in [4.69, 9.17) is 0 Å². The highest BCUT2D eigenvalue weighted by Gasteiger charge is 2.32. The Morgan fingerprint density at radius 1 is 1.14 bits per heavy atom. The largest absolute Gasteiger partial charge is 0.416 e. The third kappa shape index (κ3) is 5.72. The minimum atomic E-state index is -4.62. The molecule has 5 nitrogen and oxygen atoms in total. The van der Waals surface area contributed by atoms with Crippen molar-refractivity contribution in [3.05, 3.63) is 65.2 Å². The van der Waals surface area contributed by atoms with Crippen LogP contribution in [0, 0.1) is 6.92 Å². The van der Waals surface area contributed by atoms with Gasteiger partial charge in [-0.25, -0.2) is 8.42 Å². The van der Waals surface area contributed by atoms with E-state index in [1.807, 2.05) is 31.2 Å². The summed E-state index contributed by atoms with van der Waals surface area (Å²) in [5, 5.41) is 2.67. The van der Waals surface area contributed by atoms with Gasteiger partial charge in [-0.2, -0.15) is 13.2 Å². The molecule has 9 heteroatoms. The number of benzene rings is 2. The molecular formula is C19H21F3N2O3S. The van der Waals surface area contributed by atoms with Crippen LogP contribution >= 0.6 is 0 Å². The molecule has 0 aromatic heterocycles. The fraction of sp³-hybridized carbons (Fsp3) is 0.316. The van der Waals surface area contributed by atoms with Gasteiger partial charge in [0, 0.05) is 0 Å². The van der Waals surface area contributed by atoms with E-state index in [2.05, 4.69) is 5.32 Å². The second kappa shape index (κ2) is 8.22. The Kier molecular flexibility index (Phi) is 6.38. The molecule has 1 atom stereocenters. The molecule has 152 valence electrons. The number of sulfonamides is 1. The van der Waals surface area contributed by atoms with Crippen LogP contribution in [0.3, 0.4) is 0 Å². The van der Waals surface area contributed by atoms with Gasteiger partial charge in [0.25, 0.3) is 0 Å². The van der Waals surface area contributed by atoms with E-state index in [9.17, 15) is 26.4 Å². The molecule has 28 heavy (non-hydrogen) atoms. The zero-order valence-electron chi connectivity index (χ0n) is 15.6. The number of carbonyl (C=O) groups excluding carboxylic acids is 1. The summed E-state index contributed by atoms with van der Waals surface area (Å²) in [6, 6.07) is 10.9. The standard InChI is InChI=1S/C19H21F3N2O3S/c1-13-7-9-15(10-8-13)14(2)23-18(25)12-24(28(3,26)27)17-6-4-5-16(11-17)19(20,21)22/h4-11,14H,12H2,1-3H3,(H,23,25). The van der Waals surface area contributed by atoms with E-state index in [1.54, 1.807) is 6.92 Å². The predicted molar refractivity (Wildman–Crippen MR) is 101 cm³/mol. The van der Waals surface area contributed by atoms with Crippen LogP contribution in [0.25, 0.3) is 0 Å². The molecule has 0 aliphatic rings. The molecule has 0 aliphatic carbocycles. The molecule has 1 N–H and O–H groups in total. The van der Waals surface area contributed by atoms with Gasteiger partial charge < -0.3 is 5.32 Å². The molecule has 0 fully saturated rings. The predicted octanol–water partition coefficient (Wildman–Crippen LogP) is 3.66. The van der Waals surface area contributed by atoms with Crippen LogP contribution in [0.5, 0.6) is 0 Å². The lowest BCUT2D eigenvalue weighted by molar-refractivity contribution is -0.137. The summed E-state index contributed by atoms with van der Waals surface area (Å²) < 4.78 is 63.6. The lowest BCUT2D eigenvalue weighted by atomic mass is 10.1. The number of anilines is 1. The normalized spacial score (nSPS) is 13.1. The number of hydrogen-bond acceptors (Lipinski definition) is 3. The van der Waals surface area contributed by atoms with Crippen molar-refractivity contribution in [2.45, 2.75) is 26.1 Å². The number of rotatable bonds is 6. The Morgan fingerprint density at radius 2 is 1.75 bits per heavy atom. The first-order valence-corrected chi connectivity index (χ1v) is 10.2. The van der Waals surface area contributed by atoms with Crippen LogP contribution in [0.1, 0.15) is 29.7 Å². The Morgan fingerprint density at radius 3 is 2.29 bits per heavy atom. The number of nitrogens with zero attached hydrogens (tertiary/aromatic N) is 1. The van der Waals surface area contributed by atoms with E-state index in [0.29, 0.717) is 10.4 Å². The molecule has 1 unspecified atom stereocenters. The molecule has 0 spiro atoms. The molecule has 0 aliphatic heterocycles. The van der Waals surface area contributed by atoms with Crippen molar-refractivity contribution in [3.63, 3.8) is 0 Å². The number of carbonyl (C=O) groups is 1. The van der Waals surface area contributed by atoms with E-state index in [-0.39, 0.29) is 5.69 Å². The number of amides is 1. The molecule has 2 aromatic rings. The van der Waals surface area contributed by atoms with Gasteiger partial charge in [-0.3, -0.25) is 9.10 Å². The summed E-state index contributed by atoms with van der Waals surface area (Å²) >= 11 is 0. The minimum Gasteiger partial charge on any atom is -0.348 e. The first-order chi connectivity index (χ1) is 12.9. The SMILES string of the molecule is Cc1ccc(C(C)NC(=O)CN(c2cccc(C(F)(F)F)c2)S(C)(=O)=O)cc1. The van der Waals surface area contributed by atoms with Gasteiger partial charge >= 0.3 is 6.18 Å². The van der Waals surface area contributed by atoms with Gasteiger partial charge in [0.1, 0.15) is 6.54 Å². The van der Waals surface area contributed by atoms with E-state index in [1.165, 1.54) is 6.07 Å². The Bertz CT molecular complexity index is 942. The summed E-state index contributed by atoms with van der Waals surface area (Å²) in [4.78, 5) is 12.4.